The minimum Gasteiger partial charge on any atom is -0.497 e. The van der Waals surface area contributed by atoms with Crippen LogP contribution in [0, 0.1) is 5.92 Å². The van der Waals surface area contributed by atoms with E-state index in [2.05, 4.69) is 59.6 Å². The number of ether oxygens (including phenoxy) is 1. The molecule has 1 aliphatic carbocycles. The maximum Gasteiger partial charge on any atom is 0.226 e. The summed E-state index contributed by atoms with van der Waals surface area (Å²) in [5.41, 5.74) is 4.40. The summed E-state index contributed by atoms with van der Waals surface area (Å²) in [6.45, 7) is 4.38. The lowest BCUT2D eigenvalue weighted by Gasteiger charge is -2.38. The fraction of sp³-hybridized carbons (Fsp3) is 0.320. The summed E-state index contributed by atoms with van der Waals surface area (Å²) in [5, 5.41) is 7.78. The Hall–Kier alpha value is -3.41. The van der Waals surface area contributed by atoms with Crippen molar-refractivity contribution in [2.75, 3.05) is 12.4 Å². The number of fused-ring (bicyclic) bond motifs is 2. The molecule has 2 aromatic carbocycles. The van der Waals surface area contributed by atoms with Gasteiger partial charge in [0.2, 0.25) is 5.95 Å². The Balaban J connectivity index is 1.54. The van der Waals surface area contributed by atoms with E-state index >= 15 is 0 Å². The Morgan fingerprint density at radius 1 is 1.06 bits per heavy atom. The van der Waals surface area contributed by atoms with Gasteiger partial charge in [-0.1, -0.05) is 56.3 Å². The third kappa shape index (κ3) is 3.42. The lowest BCUT2D eigenvalue weighted by molar-refractivity contribution is -0.123. The van der Waals surface area contributed by atoms with Crippen LogP contribution in [0.3, 0.4) is 0 Å². The molecule has 31 heavy (non-hydrogen) atoms. The number of nitrogens with zero attached hydrogens (tertiary/aromatic N) is 3. The number of Topliss-reactive ketones (excluding diaryl/α,β-unsaturated/α-hetero) is 1. The summed E-state index contributed by atoms with van der Waals surface area (Å²) in [6.07, 6.45) is 4.21. The van der Waals surface area contributed by atoms with Gasteiger partial charge in [-0.15, -0.1) is 0 Å². The first-order chi connectivity index (χ1) is 15.0. The molecule has 1 aliphatic heterocycles. The molecule has 0 spiro atoms. The molecule has 0 amide bonds. The molecule has 158 valence electrons. The maximum absolute atomic E-state index is 13.5. The van der Waals surface area contributed by atoms with E-state index in [1.807, 2.05) is 28.9 Å². The van der Waals surface area contributed by atoms with Crippen molar-refractivity contribution in [3.8, 4) is 5.75 Å². The second-order valence-electron chi connectivity index (χ2n) is 8.57. The van der Waals surface area contributed by atoms with E-state index in [0.29, 0.717) is 18.3 Å². The second kappa shape index (κ2) is 7.69. The molecule has 0 unspecified atom stereocenters. The number of benzene rings is 2. The van der Waals surface area contributed by atoms with Gasteiger partial charge in [0.05, 0.1) is 19.1 Å². The van der Waals surface area contributed by atoms with Gasteiger partial charge in [0.25, 0.3) is 0 Å². The average molecular weight is 415 g/mol. The van der Waals surface area contributed by atoms with Crippen LogP contribution in [0.15, 0.2) is 66.6 Å². The zero-order valence-corrected chi connectivity index (χ0v) is 17.9. The van der Waals surface area contributed by atoms with Gasteiger partial charge in [0.15, 0.2) is 0 Å². The highest BCUT2D eigenvalue weighted by Gasteiger charge is 2.43. The number of anilines is 1. The SMILES string of the molecule is COc1ccc([C@H]2[C@@H]3C(=O)C[C@H](c4ccc(C(C)C)cc4)C=C3Nc3ncnn32)cc1. The van der Waals surface area contributed by atoms with Crippen molar-refractivity contribution in [2.24, 2.45) is 5.92 Å². The van der Waals surface area contributed by atoms with Gasteiger partial charge in [-0.05, 0) is 34.7 Å². The molecule has 0 fully saturated rings. The summed E-state index contributed by atoms with van der Waals surface area (Å²) >= 11 is 0. The van der Waals surface area contributed by atoms with Crippen molar-refractivity contribution in [2.45, 2.75) is 38.1 Å². The molecule has 2 heterocycles. The summed E-state index contributed by atoms with van der Waals surface area (Å²) in [6, 6.07) is 16.2. The van der Waals surface area contributed by atoms with Gasteiger partial charge < -0.3 is 10.1 Å². The predicted octanol–water partition coefficient (Wildman–Crippen LogP) is 4.68. The van der Waals surface area contributed by atoms with Crippen molar-refractivity contribution in [1.82, 2.24) is 14.8 Å². The Labute approximate surface area is 182 Å². The highest BCUT2D eigenvalue weighted by atomic mass is 16.5. The highest BCUT2D eigenvalue weighted by Crippen LogP contribution is 2.44. The third-order valence-corrected chi connectivity index (χ3v) is 6.38. The molecule has 1 N–H and O–H groups in total. The Morgan fingerprint density at radius 2 is 1.77 bits per heavy atom. The van der Waals surface area contributed by atoms with E-state index in [1.54, 1.807) is 7.11 Å². The second-order valence-corrected chi connectivity index (χ2v) is 8.57. The minimum absolute atomic E-state index is 0.0541. The van der Waals surface area contributed by atoms with Crippen molar-refractivity contribution in [3.63, 3.8) is 0 Å². The number of methoxy groups -OCH3 is 1. The molecular formula is C25H26N4O2. The molecular weight excluding hydrogens is 388 g/mol. The standard InChI is InChI=1S/C25H26N4O2/c1-15(2)16-4-6-17(7-5-16)19-12-21-23(22(30)13-19)24(29-25(28-21)26-14-27-29)18-8-10-20(31-3)11-9-18/h4-12,14-15,19,23-24H,13H2,1-3H3,(H,26,27,28)/t19-,23+,24+/m1/s1. The van der Waals surface area contributed by atoms with Gasteiger partial charge in [-0.25, -0.2) is 4.68 Å². The van der Waals surface area contributed by atoms with Crippen LogP contribution in [0.1, 0.15) is 54.8 Å². The number of nitrogens with one attached hydrogen (secondary N) is 1. The van der Waals surface area contributed by atoms with Crippen molar-refractivity contribution in [1.29, 1.82) is 0 Å². The first-order valence-electron chi connectivity index (χ1n) is 10.7. The van der Waals surface area contributed by atoms with E-state index in [-0.39, 0.29) is 23.7 Å². The normalized spacial score (nSPS) is 22.4. The zero-order valence-electron chi connectivity index (χ0n) is 17.9. The number of aromatic nitrogens is 3. The Bertz CT molecular complexity index is 1130. The average Bonchev–Trinajstić information content (AvgIpc) is 3.26. The van der Waals surface area contributed by atoms with E-state index in [4.69, 9.17) is 4.74 Å². The van der Waals surface area contributed by atoms with Gasteiger partial charge in [0, 0.05) is 18.0 Å². The van der Waals surface area contributed by atoms with Gasteiger partial charge in [0.1, 0.15) is 17.9 Å². The number of hydrogen-bond donors (Lipinski definition) is 1. The summed E-state index contributed by atoms with van der Waals surface area (Å²) in [4.78, 5) is 17.8. The van der Waals surface area contributed by atoms with E-state index in [0.717, 1.165) is 17.0 Å². The van der Waals surface area contributed by atoms with E-state index in [9.17, 15) is 4.79 Å². The van der Waals surface area contributed by atoms with Crippen LogP contribution < -0.4 is 10.1 Å². The molecule has 0 radical (unpaired) electrons. The van der Waals surface area contributed by atoms with Crippen LogP contribution in [-0.2, 0) is 4.79 Å². The Kier molecular flexibility index (Phi) is 4.85. The Morgan fingerprint density at radius 3 is 2.45 bits per heavy atom. The number of carbonyl (C=O) groups is 1. The fourth-order valence-corrected chi connectivity index (χ4v) is 4.65. The number of ketones is 1. The van der Waals surface area contributed by atoms with Gasteiger partial charge in [-0.3, -0.25) is 4.79 Å². The largest absolute Gasteiger partial charge is 0.497 e. The monoisotopic (exact) mass is 414 g/mol. The molecule has 2 aliphatic rings. The van der Waals surface area contributed by atoms with Crippen LogP contribution in [0.25, 0.3) is 0 Å². The van der Waals surface area contributed by atoms with E-state index < -0.39 is 0 Å². The molecule has 6 nitrogen and oxygen atoms in total. The number of hydrogen-bond acceptors (Lipinski definition) is 5. The summed E-state index contributed by atoms with van der Waals surface area (Å²) < 4.78 is 7.12. The van der Waals surface area contributed by atoms with Crippen LogP contribution in [0.4, 0.5) is 5.95 Å². The highest BCUT2D eigenvalue weighted by molar-refractivity contribution is 5.88. The van der Waals surface area contributed by atoms with Crippen molar-refractivity contribution >= 4 is 11.7 Å². The van der Waals surface area contributed by atoms with Crippen LogP contribution in [0.5, 0.6) is 5.75 Å². The smallest absolute Gasteiger partial charge is 0.226 e. The molecule has 0 saturated carbocycles. The fourth-order valence-electron chi connectivity index (χ4n) is 4.65. The van der Waals surface area contributed by atoms with Gasteiger partial charge in [-0.2, -0.15) is 10.1 Å². The first-order valence-corrected chi connectivity index (χ1v) is 10.7. The first kappa shape index (κ1) is 19.5. The summed E-state index contributed by atoms with van der Waals surface area (Å²) in [7, 11) is 1.65. The van der Waals surface area contributed by atoms with Gasteiger partial charge >= 0.3 is 0 Å². The molecule has 3 atom stereocenters. The van der Waals surface area contributed by atoms with E-state index in [1.165, 1.54) is 17.5 Å². The molecule has 3 aromatic rings. The van der Waals surface area contributed by atoms with Crippen molar-refractivity contribution in [3.05, 3.63) is 83.3 Å². The molecule has 1 aromatic heterocycles. The predicted molar refractivity (Wildman–Crippen MR) is 119 cm³/mol. The molecule has 5 rings (SSSR count). The number of allylic oxidation sites excluding steroid dienone is 2. The zero-order chi connectivity index (χ0) is 21.5. The summed E-state index contributed by atoms with van der Waals surface area (Å²) in [5.74, 6) is 1.89. The lowest BCUT2D eigenvalue weighted by atomic mass is 9.75. The maximum atomic E-state index is 13.5. The quantitative estimate of drug-likeness (QED) is 0.671. The topological polar surface area (TPSA) is 69.0 Å². The molecule has 6 heteroatoms. The minimum atomic E-state index is -0.311. The third-order valence-electron chi connectivity index (χ3n) is 6.38. The van der Waals surface area contributed by atoms with Crippen molar-refractivity contribution < 1.29 is 9.53 Å². The number of rotatable bonds is 4. The van der Waals surface area contributed by atoms with Crippen LogP contribution in [0.2, 0.25) is 0 Å². The van der Waals surface area contributed by atoms with Crippen LogP contribution in [-0.4, -0.2) is 27.7 Å². The molecule has 0 saturated heterocycles. The molecule has 0 bridgehead atoms. The number of carbonyl (C=O) groups excluding carboxylic acids is 1. The van der Waals surface area contributed by atoms with Crippen LogP contribution >= 0.6 is 0 Å². The lowest BCUT2D eigenvalue weighted by Crippen LogP contribution is -2.40.